The molecule has 18 heavy (non-hydrogen) atoms. The summed E-state index contributed by atoms with van der Waals surface area (Å²) in [7, 11) is 0. The van der Waals surface area contributed by atoms with E-state index in [9.17, 15) is 9.59 Å². The summed E-state index contributed by atoms with van der Waals surface area (Å²) in [5, 5.41) is 9.05. The third-order valence-corrected chi connectivity index (χ3v) is 3.64. The Labute approximate surface area is 109 Å². The zero-order valence-corrected chi connectivity index (χ0v) is 11.9. The third kappa shape index (κ3) is 4.31. The number of nitrogens with zero attached hydrogens (tertiary/aromatic N) is 1. The highest BCUT2D eigenvalue weighted by molar-refractivity contribution is 5.78. The number of amides is 1. The molecule has 0 radical (unpaired) electrons. The Hall–Kier alpha value is -1.06. The van der Waals surface area contributed by atoms with Crippen molar-refractivity contribution in [1.29, 1.82) is 0 Å². The molecule has 0 aromatic rings. The van der Waals surface area contributed by atoms with Gasteiger partial charge in [-0.3, -0.25) is 9.59 Å². The zero-order chi connectivity index (χ0) is 13.9. The van der Waals surface area contributed by atoms with Crippen LogP contribution in [0.4, 0.5) is 0 Å². The average molecular weight is 255 g/mol. The second-order valence-corrected chi connectivity index (χ2v) is 6.57. The van der Waals surface area contributed by atoms with Crippen molar-refractivity contribution in [2.75, 3.05) is 6.54 Å². The minimum absolute atomic E-state index is 0.100. The molecular weight excluding hydrogens is 230 g/mol. The summed E-state index contributed by atoms with van der Waals surface area (Å²) >= 11 is 0. The Morgan fingerprint density at radius 3 is 2.39 bits per heavy atom. The fraction of sp³-hybridized carbons (Fsp3) is 0.857. The van der Waals surface area contributed by atoms with E-state index in [1.54, 1.807) is 4.90 Å². The van der Waals surface area contributed by atoms with Crippen molar-refractivity contribution >= 4 is 11.9 Å². The van der Waals surface area contributed by atoms with Crippen LogP contribution in [-0.2, 0) is 9.59 Å². The summed E-state index contributed by atoms with van der Waals surface area (Å²) in [6, 6.07) is 0.174. The average Bonchev–Trinajstić information content (AvgIpc) is 2.25. The van der Waals surface area contributed by atoms with Gasteiger partial charge in [0.2, 0.25) is 5.91 Å². The summed E-state index contributed by atoms with van der Waals surface area (Å²) in [6.45, 7) is 8.71. The minimum Gasteiger partial charge on any atom is -0.481 e. The number of carboxylic acids is 1. The molecule has 1 N–H and O–H groups in total. The smallest absolute Gasteiger partial charge is 0.308 e. The molecule has 0 aliphatic carbocycles. The van der Waals surface area contributed by atoms with E-state index in [1.165, 1.54) is 0 Å². The molecule has 0 spiro atoms. The van der Waals surface area contributed by atoms with Crippen LogP contribution < -0.4 is 0 Å². The van der Waals surface area contributed by atoms with E-state index in [0.717, 1.165) is 12.8 Å². The van der Waals surface area contributed by atoms with Crippen LogP contribution >= 0.6 is 0 Å². The SMILES string of the molecule is CC1CCC(C(=O)O)CN1C(=O)CCC(C)(C)C. The Kier molecular flexibility index (Phi) is 4.77. The molecule has 1 aliphatic heterocycles. The molecule has 4 heteroatoms. The number of piperidine rings is 1. The van der Waals surface area contributed by atoms with E-state index in [2.05, 4.69) is 20.8 Å². The van der Waals surface area contributed by atoms with Gasteiger partial charge in [0, 0.05) is 19.0 Å². The van der Waals surface area contributed by atoms with Gasteiger partial charge in [-0.25, -0.2) is 0 Å². The summed E-state index contributed by atoms with van der Waals surface area (Å²) in [5.74, 6) is -1.07. The lowest BCUT2D eigenvalue weighted by molar-refractivity contribution is -0.147. The maximum atomic E-state index is 12.2. The second-order valence-electron chi connectivity index (χ2n) is 6.57. The summed E-state index contributed by atoms with van der Waals surface area (Å²) in [5.41, 5.74) is 0.140. The number of hydrogen-bond donors (Lipinski definition) is 1. The van der Waals surface area contributed by atoms with Gasteiger partial charge < -0.3 is 10.0 Å². The lowest BCUT2D eigenvalue weighted by Gasteiger charge is -2.37. The summed E-state index contributed by atoms with van der Waals surface area (Å²) < 4.78 is 0. The topological polar surface area (TPSA) is 57.6 Å². The van der Waals surface area contributed by atoms with Crippen LogP contribution in [0, 0.1) is 11.3 Å². The molecule has 2 atom stereocenters. The Morgan fingerprint density at radius 2 is 1.89 bits per heavy atom. The lowest BCUT2D eigenvalue weighted by Crippen LogP contribution is -2.47. The van der Waals surface area contributed by atoms with Gasteiger partial charge >= 0.3 is 5.97 Å². The highest BCUT2D eigenvalue weighted by atomic mass is 16.4. The quantitative estimate of drug-likeness (QED) is 0.843. The first-order chi connectivity index (χ1) is 8.20. The monoisotopic (exact) mass is 255 g/mol. The van der Waals surface area contributed by atoms with E-state index < -0.39 is 5.97 Å². The molecule has 104 valence electrons. The van der Waals surface area contributed by atoms with Gasteiger partial charge in [0.15, 0.2) is 0 Å². The molecule has 1 saturated heterocycles. The fourth-order valence-corrected chi connectivity index (χ4v) is 2.28. The molecule has 4 nitrogen and oxygen atoms in total. The molecule has 1 heterocycles. The van der Waals surface area contributed by atoms with E-state index in [-0.39, 0.29) is 23.3 Å². The Bertz CT molecular complexity index is 319. The highest BCUT2D eigenvalue weighted by Gasteiger charge is 2.32. The highest BCUT2D eigenvalue weighted by Crippen LogP contribution is 2.25. The first-order valence-electron chi connectivity index (χ1n) is 6.73. The normalized spacial score (nSPS) is 25.0. The van der Waals surface area contributed by atoms with Gasteiger partial charge in [0.05, 0.1) is 5.92 Å². The van der Waals surface area contributed by atoms with Crippen LogP contribution in [0.3, 0.4) is 0 Å². The number of rotatable bonds is 3. The van der Waals surface area contributed by atoms with Gasteiger partial charge in [-0.05, 0) is 31.6 Å². The number of carbonyl (C=O) groups excluding carboxylic acids is 1. The number of hydrogen-bond acceptors (Lipinski definition) is 2. The minimum atomic E-state index is -0.782. The van der Waals surface area contributed by atoms with Crippen molar-refractivity contribution in [3.05, 3.63) is 0 Å². The molecule has 0 saturated carbocycles. The molecule has 1 aliphatic rings. The van der Waals surface area contributed by atoms with Gasteiger partial charge in [-0.1, -0.05) is 20.8 Å². The van der Waals surface area contributed by atoms with Crippen LogP contribution in [0.2, 0.25) is 0 Å². The molecule has 1 amide bonds. The molecule has 1 rings (SSSR count). The molecule has 1 fully saturated rings. The van der Waals surface area contributed by atoms with E-state index >= 15 is 0 Å². The second kappa shape index (κ2) is 5.72. The van der Waals surface area contributed by atoms with Crippen molar-refractivity contribution in [1.82, 2.24) is 4.90 Å². The summed E-state index contributed by atoms with van der Waals surface area (Å²) in [4.78, 5) is 24.9. The van der Waals surface area contributed by atoms with Crippen LogP contribution in [0.5, 0.6) is 0 Å². The van der Waals surface area contributed by atoms with Gasteiger partial charge in [-0.2, -0.15) is 0 Å². The van der Waals surface area contributed by atoms with Crippen LogP contribution in [-0.4, -0.2) is 34.5 Å². The summed E-state index contributed by atoms with van der Waals surface area (Å²) in [6.07, 6.45) is 2.82. The van der Waals surface area contributed by atoms with Gasteiger partial charge in [0.25, 0.3) is 0 Å². The lowest BCUT2D eigenvalue weighted by atomic mass is 9.89. The first-order valence-corrected chi connectivity index (χ1v) is 6.73. The van der Waals surface area contributed by atoms with Gasteiger partial charge in [-0.15, -0.1) is 0 Å². The van der Waals surface area contributed by atoms with Crippen LogP contribution in [0.25, 0.3) is 0 Å². The molecule has 0 aromatic carbocycles. The predicted octanol–water partition coefficient (Wildman–Crippen LogP) is 2.52. The first kappa shape index (κ1) is 15.0. The largest absolute Gasteiger partial charge is 0.481 e. The van der Waals surface area contributed by atoms with Crippen molar-refractivity contribution in [3.63, 3.8) is 0 Å². The zero-order valence-electron chi connectivity index (χ0n) is 11.9. The standard InChI is InChI=1S/C14H25NO3/c1-10-5-6-11(13(17)18)9-15(10)12(16)7-8-14(2,3)4/h10-11H,5-9H2,1-4H3,(H,17,18). The van der Waals surface area contributed by atoms with Gasteiger partial charge in [0.1, 0.15) is 0 Å². The maximum absolute atomic E-state index is 12.2. The number of aliphatic carboxylic acids is 1. The Balaban J connectivity index is 2.57. The van der Waals surface area contributed by atoms with E-state index in [1.807, 2.05) is 6.92 Å². The molecule has 2 unspecified atom stereocenters. The molecule has 0 aromatic heterocycles. The van der Waals surface area contributed by atoms with Crippen molar-refractivity contribution < 1.29 is 14.7 Å². The number of likely N-dealkylation sites (tertiary alicyclic amines) is 1. The van der Waals surface area contributed by atoms with Crippen molar-refractivity contribution in [2.24, 2.45) is 11.3 Å². The van der Waals surface area contributed by atoms with Crippen LogP contribution in [0.15, 0.2) is 0 Å². The molecule has 0 bridgehead atoms. The number of carbonyl (C=O) groups is 2. The predicted molar refractivity (Wildman–Crippen MR) is 70.2 cm³/mol. The third-order valence-electron chi connectivity index (χ3n) is 3.64. The van der Waals surface area contributed by atoms with Crippen molar-refractivity contribution in [3.8, 4) is 0 Å². The maximum Gasteiger partial charge on any atom is 0.308 e. The van der Waals surface area contributed by atoms with E-state index in [4.69, 9.17) is 5.11 Å². The van der Waals surface area contributed by atoms with Crippen LogP contribution in [0.1, 0.15) is 53.4 Å². The van der Waals surface area contributed by atoms with E-state index in [0.29, 0.717) is 19.4 Å². The Morgan fingerprint density at radius 1 is 1.28 bits per heavy atom. The molecular formula is C14H25NO3. The van der Waals surface area contributed by atoms with Crippen molar-refractivity contribution in [2.45, 2.75) is 59.4 Å². The number of carboxylic acid groups (broad SMARTS) is 1. The fourth-order valence-electron chi connectivity index (χ4n) is 2.28.